The van der Waals surface area contributed by atoms with Crippen LogP contribution in [0.4, 0.5) is 0 Å². The van der Waals surface area contributed by atoms with Crippen molar-refractivity contribution in [2.75, 3.05) is 13.1 Å². The van der Waals surface area contributed by atoms with Gasteiger partial charge in [0.2, 0.25) is 5.56 Å². The quantitative estimate of drug-likeness (QED) is 0.641. The molecule has 0 radical (unpaired) electrons. The summed E-state index contributed by atoms with van der Waals surface area (Å²) in [6.07, 6.45) is 3.33. The third-order valence-corrected chi connectivity index (χ3v) is 4.86. The van der Waals surface area contributed by atoms with Crippen LogP contribution in [-0.2, 0) is 0 Å². The fourth-order valence-corrected chi connectivity index (χ4v) is 3.56. The molecule has 6 heteroatoms. The van der Waals surface area contributed by atoms with Gasteiger partial charge in [-0.05, 0) is 56.7 Å². The number of aromatic amines is 1. The van der Waals surface area contributed by atoms with Gasteiger partial charge < -0.3 is 20.7 Å². The summed E-state index contributed by atoms with van der Waals surface area (Å²) in [6, 6.07) is 4.66. The summed E-state index contributed by atoms with van der Waals surface area (Å²) in [5.74, 6) is 0.526. The van der Waals surface area contributed by atoms with Crippen LogP contribution >= 0.6 is 0 Å². The number of hydrogen-bond donors (Lipinski definition) is 4. The molecule has 3 rings (SSSR count). The Balaban J connectivity index is 1.71. The van der Waals surface area contributed by atoms with E-state index in [9.17, 15) is 14.7 Å². The average molecular weight is 305 g/mol. The molecule has 0 unspecified atom stereocenters. The number of carbonyl (C=O) groups is 1. The summed E-state index contributed by atoms with van der Waals surface area (Å²) in [5.41, 5.74) is 0.0245. The van der Waals surface area contributed by atoms with Gasteiger partial charge in [0.05, 0.1) is 6.10 Å². The molecule has 120 valence electrons. The second kappa shape index (κ2) is 6.62. The van der Waals surface area contributed by atoms with Crippen LogP contribution in [0.2, 0.25) is 0 Å². The molecular formula is C16H23N3O3. The Morgan fingerprint density at radius 3 is 2.59 bits per heavy atom. The molecule has 1 saturated carbocycles. The van der Waals surface area contributed by atoms with Crippen LogP contribution in [0.3, 0.4) is 0 Å². The van der Waals surface area contributed by atoms with Crippen molar-refractivity contribution in [2.24, 2.45) is 11.8 Å². The maximum atomic E-state index is 12.4. The van der Waals surface area contributed by atoms with E-state index in [-0.39, 0.29) is 23.6 Å². The Bertz CT molecular complexity index is 574. The number of amides is 1. The van der Waals surface area contributed by atoms with E-state index >= 15 is 0 Å². The van der Waals surface area contributed by atoms with Crippen molar-refractivity contribution >= 4 is 5.91 Å². The maximum Gasteiger partial charge on any atom is 0.268 e. The molecule has 0 aromatic carbocycles. The average Bonchev–Trinajstić information content (AvgIpc) is 2.50. The molecule has 0 spiro atoms. The number of aliphatic hydroxyl groups excluding tert-OH is 1. The van der Waals surface area contributed by atoms with Gasteiger partial charge >= 0.3 is 0 Å². The summed E-state index contributed by atoms with van der Waals surface area (Å²) < 4.78 is 0. The van der Waals surface area contributed by atoms with E-state index in [4.69, 9.17) is 0 Å². The fourth-order valence-electron chi connectivity index (χ4n) is 3.56. The first-order valence-electron chi connectivity index (χ1n) is 8.02. The molecular weight excluding hydrogens is 282 g/mol. The normalized spacial score (nSPS) is 27.0. The van der Waals surface area contributed by atoms with Crippen LogP contribution < -0.4 is 16.2 Å². The van der Waals surface area contributed by atoms with Crippen LogP contribution in [0.5, 0.6) is 0 Å². The maximum absolute atomic E-state index is 12.4. The SMILES string of the molecule is O=C(N[C@@H](C1CCNCC1)C1CC(O)C1)c1cccc(=O)[nH]1. The lowest BCUT2D eigenvalue weighted by atomic mass is 9.71. The van der Waals surface area contributed by atoms with E-state index in [0.717, 1.165) is 38.8 Å². The molecule has 1 aliphatic carbocycles. The van der Waals surface area contributed by atoms with Crippen molar-refractivity contribution in [1.29, 1.82) is 0 Å². The number of rotatable bonds is 4. The lowest BCUT2D eigenvalue weighted by molar-refractivity contribution is 0.00913. The highest BCUT2D eigenvalue weighted by molar-refractivity contribution is 5.92. The Hall–Kier alpha value is -1.66. The van der Waals surface area contributed by atoms with Gasteiger partial charge in [-0.2, -0.15) is 0 Å². The number of carbonyl (C=O) groups excluding carboxylic acids is 1. The van der Waals surface area contributed by atoms with Crippen LogP contribution in [0, 0.1) is 11.8 Å². The Kier molecular flexibility index (Phi) is 4.59. The Morgan fingerprint density at radius 1 is 1.23 bits per heavy atom. The van der Waals surface area contributed by atoms with Gasteiger partial charge in [-0.25, -0.2) is 0 Å². The minimum atomic E-state index is -0.273. The van der Waals surface area contributed by atoms with Crippen molar-refractivity contribution in [3.8, 4) is 0 Å². The minimum absolute atomic E-state index is 0.0710. The van der Waals surface area contributed by atoms with Crippen molar-refractivity contribution in [3.05, 3.63) is 34.2 Å². The Labute approximate surface area is 129 Å². The second-order valence-corrected chi connectivity index (χ2v) is 6.40. The highest BCUT2D eigenvalue weighted by atomic mass is 16.3. The second-order valence-electron chi connectivity index (χ2n) is 6.40. The summed E-state index contributed by atoms with van der Waals surface area (Å²) in [4.78, 5) is 26.3. The van der Waals surface area contributed by atoms with Gasteiger partial charge in [0.15, 0.2) is 0 Å². The molecule has 1 aromatic heterocycles. The van der Waals surface area contributed by atoms with E-state index in [1.807, 2.05) is 0 Å². The molecule has 2 aliphatic rings. The lowest BCUT2D eigenvalue weighted by Gasteiger charge is -2.43. The summed E-state index contributed by atoms with van der Waals surface area (Å²) in [5, 5.41) is 16.0. The smallest absolute Gasteiger partial charge is 0.268 e. The van der Waals surface area contributed by atoms with Crippen molar-refractivity contribution in [3.63, 3.8) is 0 Å². The van der Waals surface area contributed by atoms with Crippen LogP contribution in [0.15, 0.2) is 23.0 Å². The van der Waals surface area contributed by atoms with Gasteiger partial charge in [-0.1, -0.05) is 6.07 Å². The molecule has 1 aromatic rings. The fraction of sp³-hybridized carbons (Fsp3) is 0.625. The highest BCUT2D eigenvalue weighted by Gasteiger charge is 2.39. The monoisotopic (exact) mass is 305 g/mol. The number of aliphatic hydroxyl groups is 1. The van der Waals surface area contributed by atoms with Crippen LogP contribution in [0.1, 0.15) is 36.2 Å². The number of piperidine rings is 1. The molecule has 22 heavy (non-hydrogen) atoms. The predicted molar refractivity (Wildman–Crippen MR) is 82.6 cm³/mol. The number of H-pyrrole nitrogens is 1. The summed E-state index contributed by atoms with van der Waals surface area (Å²) in [6.45, 7) is 1.93. The zero-order chi connectivity index (χ0) is 15.5. The molecule has 4 N–H and O–H groups in total. The van der Waals surface area contributed by atoms with E-state index < -0.39 is 0 Å². The molecule has 0 bridgehead atoms. The largest absolute Gasteiger partial charge is 0.393 e. The van der Waals surface area contributed by atoms with Crippen LogP contribution in [0.25, 0.3) is 0 Å². The van der Waals surface area contributed by atoms with Gasteiger partial charge in [0.1, 0.15) is 5.69 Å². The first kappa shape index (κ1) is 15.2. The highest BCUT2D eigenvalue weighted by Crippen LogP contribution is 2.35. The minimum Gasteiger partial charge on any atom is -0.393 e. The van der Waals surface area contributed by atoms with E-state index in [1.165, 1.54) is 6.07 Å². The van der Waals surface area contributed by atoms with Crippen LogP contribution in [-0.4, -0.2) is 41.2 Å². The zero-order valence-corrected chi connectivity index (χ0v) is 12.5. The first-order chi connectivity index (χ1) is 10.6. The van der Waals surface area contributed by atoms with Crippen molar-refractivity contribution in [1.82, 2.24) is 15.6 Å². The molecule has 1 saturated heterocycles. The third-order valence-electron chi connectivity index (χ3n) is 4.86. The Morgan fingerprint density at radius 2 is 1.95 bits per heavy atom. The van der Waals surface area contributed by atoms with E-state index in [0.29, 0.717) is 17.5 Å². The van der Waals surface area contributed by atoms with Crippen molar-refractivity contribution in [2.45, 2.75) is 37.8 Å². The number of hydrogen-bond acceptors (Lipinski definition) is 4. The van der Waals surface area contributed by atoms with Gasteiger partial charge in [-0.3, -0.25) is 9.59 Å². The van der Waals surface area contributed by atoms with E-state index in [1.54, 1.807) is 12.1 Å². The summed E-state index contributed by atoms with van der Waals surface area (Å²) >= 11 is 0. The molecule has 1 aliphatic heterocycles. The number of pyridine rings is 1. The lowest BCUT2D eigenvalue weighted by Crippen LogP contribution is -2.53. The van der Waals surface area contributed by atoms with Gasteiger partial charge in [-0.15, -0.1) is 0 Å². The first-order valence-corrected chi connectivity index (χ1v) is 8.02. The number of nitrogens with one attached hydrogen (secondary N) is 3. The van der Waals surface area contributed by atoms with Crippen molar-refractivity contribution < 1.29 is 9.90 Å². The van der Waals surface area contributed by atoms with Gasteiger partial charge in [0, 0.05) is 12.1 Å². The standard InChI is InChI=1S/C16H23N3O3/c20-12-8-11(9-12)15(10-4-6-17-7-5-10)19-16(22)13-2-1-3-14(21)18-13/h1-3,10-12,15,17,20H,4-9H2,(H,18,21)(H,19,22)/t11?,12?,15-/m0/s1. The molecule has 2 heterocycles. The van der Waals surface area contributed by atoms with E-state index in [2.05, 4.69) is 15.6 Å². The molecule has 1 atom stereocenters. The topological polar surface area (TPSA) is 94.2 Å². The number of aromatic nitrogens is 1. The zero-order valence-electron chi connectivity index (χ0n) is 12.5. The van der Waals surface area contributed by atoms with Gasteiger partial charge in [0.25, 0.3) is 5.91 Å². The molecule has 1 amide bonds. The molecule has 6 nitrogen and oxygen atoms in total. The predicted octanol–water partition coefficient (Wildman–Crippen LogP) is 0.244. The third kappa shape index (κ3) is 3.39. The summed E-state index contributed by atoms with van der Waals surface area (Å²) in [7, 11) is 0. The molecule has 2 fully saturated rings.